The molecule has 2 rings (SSSR count). The van der Waals surface area contributed by atoms with Crippen molar-refractivity contribution in [2.45, 2.75) is 20.0 Å². The van der Waals surface area contributed by atoms with Crippen LogP contribution in [-0.2, 0) is 13.1 Å². The van der Waals surface area contributed by atoms with Gasteiger partial charge in [0.05, 0.1) is 0 Å². The molecule has 1 aromatic heterocycles. The van der Waals surface area contributed by atoms with Crippen molar-refractivity contribution >= 4 is 21.7 Å². The van der Waals surface area contributed by atoms with Crippen molar-refractivity contribution in [3.63, 3.8) is 0 Å². The van der Waals surface area contributed by atoms with Crippen molar-refractivity contribution in [3.05, 3.63) is 58.2 Å². The third-order valence-corrected chi connectivity index (χ3v) is 3.47. The van der Waals surface area contributed by atoms with Crippen molar-refractivity contribution in [1.82, 2.24) is 9.88 Å². The second kappa shape index (κ2) is 7.41. The summed E-state index contributed by atoms with van der Waals surface area (Å²) in [5.74, 6) is 0.945. The Kier molecular flexibility index (Phi) is 5.56. The van der Waals surface area contributed by atoms with Gasteiger partial charge in [-0.25, -0.2) is 4.98 Å². The molecule has 0 aliphatic rings. The van der Waals surface area contributed by atoms with Crippen LogP contribution in [0.1, 0.15) is 18.1 Å². The molecule has 0 atom stereocenters. The van der Waals surface area contributed by atoms with E-state index in [0.717, 1.165) is 29.9 Å². The fraction of sp³-hybridized carbons (Fsp3) is 0.312. The summed E-state index contributed by atoms with van der Waals surface area (Å²) in [6, 6.07) is 12.6. The predicted molar refractivity (Wildman–Crippen MR) is 87.7 cm³/mol. The highest BCUT2D eigenvalue weighted by molar-refractivity contribution is 9.10. The van der Waals surface area contributed by atoms with Crippen molar-refractivity contribution in [2.24, 2.45) is 0 Å². The molecule has 2 aromatic rings. The molecule has 106 valence electrons. The van der Waals surface area contributed by atoms with Gasteiger partial charge in [0.2, 0.25) is 0 Å². The van der Waals surface area contributed by atoms with E-state index in [-0.39, 0.29) is 0 Å². The van der Waals surface area contributed by atoms with E-state index in [1.807, 2.05) is 6.20 Å². The van der Waals surface area contributed by atoms with E-state index in [2.05, 4.69) is 81.5 Å². The molecule has 20 heavy (non-hydrogen) atoms. The molecule has 1 aromatic carbocycles. The lowest BCUT2D eigenvalue weighted by molar-refractivity contribution is 0.319. The maximum atomic E-state index is 4.30. The van der Waals surface area contributed by atoms with Gasteiger partial charge in [-0.05, 0) is 49.4 Å². The Hall–Kier alpha value is -1.39. The molecule has 0 saturated carbocycles. The smallest absolute Gasteiger partial charge is 0.126 e. The number of benzene rings is 1. The molecule has 0 aliphatic heterocycles. The fourth-order valence-electron chi connectivity index (χ4n) is 2.17. The van der Waals surface area contributed by atoms with Crippen molar-refractivity contribution in [1.29, 1.82) is 0 Å². The Morgan fingerprint density at radius 2 is 1.90 bits per heavy atom. The lowest BCUT2D eigenvalue weighted by Crippen LogP contribution is -2.17. The molecule has 0 radical (unpaired) electrons. The van der Waals surface area contributed by atoms with Gasteiger partial charge in [0.25, 0.3) is 0 Å². The molecule has 3 nitrogen and oxygen atoms in total. The third-order valence-electron chi connectivity index (χ3n) is 2.98. The van der Waals surface area contributed by atoms with E-state index in [0.29, 0.717) is 0 Å². The summed E-state index contributed by atoms with van der Waals surface area (Å²) in [4.78, 5) is 6.59. The molecule has 0 saturated heterocycles. The number of halogens is 1. The molecule has 0 spiro atoms. The summed E-state index contributed by atoms with van der Waals surface area (Å²) < 4.78 is 1.13. The Morgan fingerprint density at radius 1 is 1.15 bits per heavy atom. The number of pyridine rings is 1. The number of hydrogen-bond acceptors (Lipinski definition) is 3. The number of hydrogen-bond donors (Lipinski definition) is 1. The first-order valence-corrected chi connectivity index (χ1v) is 7.58. The van der Waals surface area contributed by atoms with E-state index in [1.54, 1.807) is 0 Å². The first-order valence-electron chi connectivity index (χ1n) is 6.79. The number of rotatable bonds is 6. The summed E-state index contributed by atoms with van der Waals surface area (Å²) in [6.07, 6.45) is 1.86. The average Bonchev–Trinajstić information content (AvgIpc) is 2.39. The first-order chi connectivity index (χ1) is 9.67. The molecular weight excluding hydrogens is 314 g/mol. The molecule has 4 heteroatoms. The molecule has 0 bridgehead atoms. The zero-order valence-electron chi connectivity index (χ0n) is 11.9. The van der Waals surface area contributed by atoms with Gasteiger partial charge in [-0.1, -0.05) is 28.1 Å². The van der Waals surface area contributed by atoms with Crippen molar-refractivity contribution in [2.75, 3.05) is 18.9 Å². The van der Waals surface area contributed by atoms with Crippen molar-refractivity contribution < 1.29 is 0 Å². The maximum Gasteiger partial charge on any atom is 0.126 e. The highest BCUT2D eigenvalue weighted by Gasteiger charge is 2.03. The van der Waals surface area contributed by atoms with Crippen LogP contribution in [0.15, 0.2) is 47.1 Å². The standard InChI is InChI=1S/C16H20BrN3/c1-3-18-16-10-14(7-8-19-16)12-20(2)11-13-5-4-6-15(17)9-13/h4-10H,3,11-12H2,1-2H3,(H,18,19). The van der Waals surface area contributed by atoms with Gasteiger partial charge in [-0.15, -0.1) is 0 Å². The van der Waals surface area contributed by atoms with Gasteiger partial charge < -0.3 is 5.32 Å². The normalized spacial score (nSPS) is 10.8. The molecule has 0 fully saturated rings. The summed E-state index contributed by atoms with van der Waals surface area (Å²) in [6.45, 7) is 4.81. The largest absolute Gasteiger partial charge is 0.370 e. The van der Waals surface area contributed by atoms with Gasteiger partial charge in [-0.3, -0.25) is 4.90 Å². The molecule has 0 amide bonds. The lowest BCUT2D eigenvalue weighted by Gasteiger charge is -2.17. The van der Waals surface area contributed by atoms with Crippen LogP contribution < -0.4 is 5.32 Å². The quantitative estimate of drug-likeness (QED) is 0.868. The maximum absolute atomic E-state index is 4.30. The van der Waals surface area contributed by atoms with Crippen LogP contribution in [0.2, 0.25) is 0 Å². The monoisotopic (exact) mass is 333 g/mol. The van der Waals surface area contributed by atoms with Gasteiger partial charge in [0, 0.05) is 30.3 Å². The van der Waals surface area contributed by atoms with Crippen LogP contribution in [0.25, 0.3) is 0 Å². The first kappa shape index (κ1) is 15.0. The van der Waals surface area contributed by atoms with Gasteiger partial charge in [0.15, 0.2) is 0 Å². The Bertz CT molecular complexity index is 557. The van der Waals surface area contributed by atoms with Crippen LogP contribution in [0.4, 0.5) is 5.82 Å². The number of anilines is 1. The molecule has 0 unspecified atom stereocenters. The number of nitrogens with zero attached hydrogens (tertiary/aromatic N) is 2. The Morgan fingerprint density at radius 3 is 2.60 bits per heavy atom. The minimum absolute atomic E-state index is 0.893. The second-order valence-electron chi connectivity index (χ2n) is 4.88. The minimum atomic E-state index is 0.893. The van der Waals surface area contributed by atoms with E-state index < -0.39 is 0 Å². The zero-order valence-corrected chi connectivity index (χ0v) is 13.5. The van der Waals surface area contributed by atoms with E-state index in [9.17, 15) is 0 Å². The average molecular weight is 334 g/mol. The summed E-state index contributed by atoms with van der Waals surface area (Å²) in [5.41, 5.74) is 2.58. The molecule has 1 heterocycles. The van der Waals surface area contributed by atoms with Gasteiger partial charge in [-0.2, -0.15) is 0 Å². The van der Waals surface area contributed by atoms with Crippen LogP contribution >= 0.6 is 15.9 Å². The predicted octanol–water partition coefficient (Wildman–Crippen LogP) is 3.91. The van der Waals surface area contributed by atoms with E-state index in [4.69, 9.17) is 0 Å². The topological polar surface area (TPSA) is 28.2 Å². The SMILES string of the molecule is CCNc1cc(CN(C)Cc2cccc(Br)c2)ccn1. The van der Waals surface area contributed by atoms with Crippen LogP contribution in [0.5, 0.6) is 0 Å². The molecule has 1 N–H and O–H groups in total. The summed E-state index contributed by atoms with van der Waals surface area (Å²) in [5, 5.41) is 3.24. The highest BCUT2D eigenvalue weighted by Crippen LogP contribution is 2.15. The lowest BCUT2D eigenvalue weighted by atomic mass is 10.2. The fourth-order valence-corrected chi connectivity index (χ4v) is 2.61. The molecular formula is C16H20BrN3. The van der Waals surface area contributed by atoms with Crippen LogP contribution in [-0.4, -0.2) is 23.5 Å². The Labute approximate surface area is 129 Å². The van der Waals surface area contributed by atoms with Gasteiger partial charge >= 0.3 is 0 Å². The number of nitrogens with one attached hydrogen (secondary N) is 1. The van der Waals surface area contributed by atoms with Crippen molar-refractivity contribution in [3.8, 4) is 0 Å². The minimum Gasteiger partial charge on any atom is -0.370 e. The van der Waals surface area contributed by atoms with Crippen LogP contribution in [0, 0.1) is 0 Å². The van der Waals surface area contributed by atoms with Crippen LogP contribution in [0.3, 0.4) is 0 Å². The van der Waals surface area contributed by atoms with E-state index >= 15 is 0 Å². The second-order valence-corrected chi connectivity index (χ2v) is 5.80. The van der Waals surface area contributed by atoms with E-state index in [1.165, 1.54) is 11.1 Å². The highest BCUT2D eigenvalue weighted by atomic mass is 79.9. The third kappa shape index (κ3) is 4.62. The zero-order chi connectivity index (χ0) is 14.4. The summed E-state index contributed by atoms with van der Waals surface area (Å²) in [7, 11) is 2.13. The number of aromatic nitrogens is 1. The molecule has 0 aliphatic carbocycles. The summed E-state index contributed by atoms with van der Waals surface area (Å²) >= 11 is 3.51. The van der Waals surface area contributed by atoms with Gasteiger partial charge in [0.1, 0.15) is 5.82 Å². The Balaban J connectivity index is 1.97.